The molecule has 0 unspecified atom stereocenters. The lowest BCUT2D eigenvalue weighted by Crippen LogP contribution is -2.39. The van der Waals surface area contributed by atoms with E-state index in [1.807, 2.05) is 13.8 Å². The van der Waals surface area contributed by atoms with Crippen molar-refractivity contribution in [2.24, 2.45) is 11.7 Å². The predicted molar refractivity (Wildman–Crippen MR) is 69.4 cm³/mol. The number of nitrogens with two attached hydrogens (primary N) is 1. The van der Waals surface area contributed by atoms with E-state index < -0.39 is 6.04 Å². The summed E-state index contributed by atoms with van der Waals surface area (Å²) >= 11 is 5.86. The minimum Gasteiger partial charge on any atom is -0.495 e. The molecule has 0 fully saturated rings. The molecule has 1 rings (SSSR count). The lowest BCUT2D eigenvalue weighted by atomic mass is 10.0. The van der Waals surface area contributed by atoms with Gasteiger partial charge in [-0.05, 0) is 24.1 Å². The molecule has 0 aliphatic heterocycles. The zero-order chi connectivity index (χ0) is 13.0. The van der Waals surface area contributed by atoms with Gasteiger partial charge in [-0.2, -0.15) is 0 Å². The van der Waals surface area contributed by atoms with Crippen LogP contribution in [0.15, 0.2) is 18.2 Å². The second kappa shape index (κ2) is 5.89. The monoisotopic (exact) mass is 256 g/mol. The van der Waals surface area contributed by atoms with Crippen molar-refractivity contribution in [2.75, 3.05) is 12.4 Å². The number of hydrogen-bond donors (Lipinski definition) is 2. The molecule has 1 aromatic rings. The molecule has 3 N–H and O–H groups in total. The smallest absolute Gasteiger partial charge is 0.241 e. The van der Waals surface area contributed by atoms with E-state index in [0.29, 0.717) is 16.5 Å². The Morgan fingerprint density at radius 2 is 2.12 bits per heavy atom. The lowest BCUT2D eigenvalue weighted by Gasteiger charge is -2.16. The van der Waals surface area contributed by atoms with Gasteiger partial charge in [0.05, 0.1) is 18.8 Å². The normalized spacial score (nSPS) is 12.4. The SMILES string of the molecule is COc1ccc(Cl)cc1NC(=O)[C@@H](N)C(C)C. The van der Waals surface area contributed by atoms with Gasteiger partial charge in [-0.25, -0.2) is 0 Å². The van der Waals surface area contributed by atoms with Crippen LogP contribution in [0, 0.1) is 5.92 Å². The van der Waals surface area contributed by atoms with Crippen LogP contribution < -0.4 is 15.8 Å². The fourth-order valence-corrected chi connectivity index (χ4v) is 1.47. The van der Waals surface area contributed by atoms with Crippen molar-refractivity contribution in [3.8, 4) is 5.75 Å². The van der Waals surface area contributed by atoms with Crippen molar-refractivity contribution in [1.82, 2.24) is 0 Å². The van der Waals surface area contributed by atoms with E-state index in [2.05, 4.69) is 5.32 Å². The first-order chi connectivity index (χ1) is 7.95. The fourth-order valence-electron chi connectivity index (χ4n) is 1.30. The molecular weight excluding hydrogens is 240 g/mol. The van der Waals surface area contributed by atoms with Gasteiger partial charge in [0.15, 0.2) is 0 Å². The van der Waals surface area contributed by atoms with E-state index in [4.69, 9.17) is 22.1 Å². The molecule has 94 valence electrons. The number of hydrogen-bond acceptors (Lipinski definition) is 3. The van der Waals surface area contributed by atoms with Crippen LogP contribution in [0.2, 0.25) is 5.02 Å². The van der Waals surface area contributed by atoms with Crippen LogP contribution >= 0.6 is 11.6 Å². The first-order valence-corrected chi connectivity index (χ1v) is 5.73. The van der Waals surface area contributed by atoms with Crippen LogP contribution in [0.1, 0.15) is 13.8 Å². The topological polar surface area (TPSA) is 64.3 Å². The van der Waals surface area contributed by atoms with Gasteiger partial charge in [-0.1, -0.05) is 25.4 Å². The summed E-state index contributed by atoms with van der Waals surface area (Å²) in [6, 6.07) is 4.46. The van der Waals surface area contributed by atoms with Gasteiger partial charge in [-0.3, -0.25) is 4.79 Å². The Labute approximate surface area is 106 Å². The van der Waals surface area contributed by atoms with Crippen molar-refractivity contribution in [3.63, 3.8) is 0 Å². The van der Waals surface area contributed by atoms with E-state index in [-0.39, 0.29) is 11.8 Å². The molecule has 0 bridgehead atoms. The molecule has 0 radical (unpaired) electrons. The second-order valence-corrected chi connectivity index (χ2v) is 4.54. The number of amides is 1. The highest BCUT2D eigenvalue weighted by Crippen LogP contribution is 2.27. The van der Waals surface area contributed by atoms with E-state index in [1.165, 1.54) is 7.11 Å². The highest BCUT2D eigenvalue weighted by molar-refractivity contribution is 6.31. The standard InChI is InChI=1S/C12H17ClN2O2/c1-7(2)11(14)12(16)15-9-6-8(13)4-5-10(9)17-3/h4-7,11H,14H2,1-3H3,(H,15,16)/t11-/m0/s1. The van der Waals surface area contributed by atoms with Gasteiger partial charge in [-0.15, -0.1) is 0 Å². The zero-order valence-corrected chi connectivity index (χ0v) is 10.9. The van der Waals surface area contributed by atoms with Crippen molar-refractivity contribution < 1.29 is 9.53 Å². The molecule has 4 nitrogen and oxygen atoms in total. The van der Waals surface area contributed by atoms with Crippen molar-refractivity contribution in [3.05, 3.63) is 23.2 Å². The molecule has 0 saturated carbocycles. The molecule has 1 amide bonds. The van der Waals surface area contributed by atoms with Crippen LogP contribution in [0.3, 0.4) is 0 Å². The molecule has 1 atom stereocenters. The van der Waals surface area contributed by atoms with Crippen LogP contribution in [0.4, 0.5) is 5.69 Å². The first kappa shape index (κ1) is 13.8. The number of ether oxygens (including phenoxy) is 1. The zero-order valence-electron chi connectivity index (χ0n) is 10.2. The maximum Gasteiger partial charge on any atom is 0.241 e. The van der Waals surface area contributed by atoms with Crippen LogP contribution in [0.5, 0.6) is 5.75 Å². The van der Waals surface area contributed by atoms with E-state index >= 15 is 0 Å². The Kier molecular flexibility index (Phi) is 4.78. The number of rotatable bonds is 4. The van der Waals surface area contributed by atoms with E-state index in [1.54, 1.807) is 18.2 Å². The van der Waals surface area contributed by atoms with Crippen molar-refractivity contribution in [1.29, 1.82) is 0 Å². The molecule has 0 spiro atoms. The summed E-state index contributed by atoms with van der Waals surface area (Å²) in [5, 5.41) is 3.24. The largest absolute Gasteiger partial charge is 0.495 e. The number of nitrogens with one attached hydrogen (secondary N) is 1. The summed E-state index contributed by atoms with van der Waals surface area (Å²) in [5.41, 5.74) is 6.28. The lowest BCUT2D eigenvalue weighted by molar-refractivity contribution is -0.118. The van der Waals surface area contributed by atoms with Gasteiger partial charge in [0.1, 0.15) is 5.75 Å². The summed E-state index contributed by atoms with van der Waals surface area (Å²) in [6.07, 6.45) is 0. The molecule has 1 aromatic carbocycles. The Hall–Kier alpha value is -1.26. The summed E-state index contributed by atoms with van der Waals surface area (Å²) < 4.78 is 5.13. The molecule has 0 aromatic heterocycles. The molecule has 0 aliphatic carbocycles. The number of carbonyl (C=O) groups is 1. The van der Waals surface area contributed by atoms with Crippen LogP contribution in [-0.4, -0.2) is 19.1 Å². The Balaban J connectivity index is 2.87. The number of carbonyl (C=O) groups excluding carboxylic acids is 1. The van der Waals surface area contributed by atoms with Crippen molar-refractivity contribution in [2.45, 2.75) is 19.9 Å². The quantitative estimate of drug-likeness (QED) is 0.869. The highest BCUT2D eigenvalue weighted by atomic mass is 35.5. The number of methoxy groups -OCH3 is 1. The molecule has 17 heavy (non-hydrogen) atoms. The van der Waals surface area contributed by atoms with E-state index in [0.717, 1.165) is 0 Å². The minimum absolute atomic E-state index is 0.0696. The third-order valence-corrected chi connectivity index (χ3v) is 2.68. The predicted octanol–water partition coefficient (Wildman–Crippen LogP) is 2.27. The maximum absolute atomic E-state index is 11.8. The first-order valence-electron chi connectivity index (χ1n) is 5.35. The highest BCUT2D eigenvalue weighted by Gasteiger charge is 2.18. The minimum atomic E-state index is -0.557. The van der Waals surface area contributed by atoms with Gasteiger partial charge >= 0.3 is 0 Å². The number of benzene rings is 1. The average molecular weight is 257 g/mol. The van der Waals surface area contributed by atoms with Crippen molar-refractivity contribution >= 4 is 23.2 Å². The molecule has 0 heterocycles. The molecule has 0 aliphatic rings. The summed E-state index contributed by atoms with van der Waals surface area (Å²) in [7, 11) is 1.53. The van der Waals surface area contributed by atoms with E-state index in [9.17, 15) is 4.79 Å². The Morgan fingerprint density at radius 1 is 1.47 bits per heavy atom. The average Bonchev–Trinajstić information content (AvgIpc) is 2.28. The molecule has 0 saturated heterocycles. The number of anilines is 1. The van der Waals surface area contributed by atoms with Gasteiger partial charge in [0.2, 0.25) is 5.91 Å². The summed E-state index contributed by atoms with van der Waals surface area (Å²) in [6.45, 7) is 3.78. The van der Waals surface area contributed by atoms with Crippen LogP contribution in [-0.2, 0) is 4.79 Å². The third-order valence-electron chi connectivity index (χ3n) is 2.44. The van der Waals surface area contributed by atoms with Gasteiger partial charge in [0, 0.05) is 5.02 Å². The molecule has 5 heteroatoms. The third kappa shape index (κ3) is 3.61. The fraction of sp³-hybridized carbons (Fsp3) is 0.417. The summed E-state index contributed by atoms with van der Waals surface area (Å²) in [5.74, 6) is 0.374. The second-order valence-electron chi connectivity index (χ2n) is 4.10. The Bertz CT molecular complexity index is 407. The molecular formula is C12H17ClN2O2. The number of halogens is 1. The maximum atomic E-state index is 11.8. The Morgan fingerprint density at radius 3 is 2.65 bits per heavy atom. The summed E-state index contributed by atoms with van der Waals surface area (Å²) in [4.78, 5) is 11.8. The van der Waals surface area contributed by atoms with Crippen LogP contribution in [0.25, 0.3) is 0 Å². The van der Waals surface area contributed by atoms with Gasteiger partial charge in [0.25, 0.3) is 0 Å². The van der Waals surface area contributed by atoms with Gasteiger partial charge < -0.3 is 15.8 Å².